The summed E-state index contributed by atoms with van der Waals surface area (Å²) in [6.07, 6.45) is -0.625. The summed E-state index contributed by atoms with van der Waals surface area (Å²) in [5.74, 6) is -1.11. The van der Waals surface area contributed by atoms with Gasteiger partial charge in [-0.2, -0.15) is 0 Å². The number of carboxylic acid groups (broad SMARTS) is 1. The minimum Gasteiger partial charge on any atom is -0.478 e. The molecule has 2 rings (SSSR count). The van der Waals surface area contributed by atoms with Crippen molar-refractivity contribution in [2.45, 2.75) is 33.3 Å². The standard InChI is InChI=1S/C19H21NO4/c1-13-9-11-14(12-10-13)20(18(23)24-19(2,3)4)16-8-6-5-7-15(16)17(21)22/h5-12H,1-4H3,(H,21,22). The molecular formula is C19H21NO4. The van der Waals surface area contributed by atoms with Crippen LogP contribution in [0.2, 0.25) is 0 Å². The first-order valence-corrected chi connectivity index (χ1v) is 7.61. The van der Waals surface area contributed by atoms with Gasteiger partial charge in [-0.15, -0.1) is 0 Å². The van der Waals surface area contributed by atoms with Crippen LogP contribution in [0.25, 0.3) is 0 Å². The van der Waals surface area contributed by atoms with Crippen molar-refractivity contribution in [3.8, 4) is 0 Å². The van der Waals surface area contributed by atoms with Crippen LogP contribution in [0.5, 0.6) is 0 Å². The Labute approximate surface area is 141 Å². The molecule has 0 spiro atoms. The number of rotatable bonds is 3. The molecule has 1 amide bonds. The Hall–Kier alpha value is -2.82. The van der Waals surface area contributed by atoms with Crippen molar-refractivity contribution >= 4 is 23.4 Å². The van der Waals surface area contributed by atoms with Crippen LogP contribution >= 0.6 is 0 Å². The van der Waals surface area contributed by atoms with E-state index in [1.807, 2.05) is 19.1 Å². The number of benzene rings is 2. The van der Waals surface area contributed by atoms with E-state index in [9.17, 15) is 14.7 Å². The van der Waals surface area contributed by atoms with Gasteiger partial charge < -0.3 is 9.84 Å². The Kier molecular flexibility index (Phi) is 4.93. The van der Waals surface area contributed by atoms with Gasteiger partial charge in [-0.25, -0.2) is 14.5 Å². The summed E-state index contributed by atoms with van der Waals surface area (Å²) >= 11 is 0. The Morgan fingerprint density at radius 1 is 1.00 bits per heavy atom. The zero-order valence-electron chi connectivity index (χ0n) is 14.2. The number of para-hydroxylation sites is 1. The SMILES string of the molecule is Cc1ccc(N(C(=O)OC(C)(C)C)c2ccccc2C(=O)O)cc1. The van der Waals surface area contributed by atoms with Gasteiger partial charge in [0.2, 0.25) is 0 Å². The average molecular weight is 327 g/mol. The maximum Gasteiger partial charge on any atom is 0.419 e. The number of aryl methyl sites for hydroxylation is 1. The van der Waals surface area contributed by atoms with Crippen molar-refractivity contribution in [2.75, 3.05) is 4.90 Å². The molecule has 0 fully saturated rings. The maximum absolute atomic E-state index is 12.7. The number of ether oxygens (including phenoxy) is 1. The number of hydrogen-bond acceptors (Lipinski definition) is 3. The van der Waals surface area contributed by atoms with Gasteiger partial charge >= 0.3 is 12.1 Å². The second kappa shape index (κ2) is 6.74. The van der Waals surface area contributed by atoms with Gasteiger partial charge in [0.1, 0.15) is 5.60 Å². The molecule has 0 aliphatic rings. The van der Waals surface area contributed by atoms with Crippen LogP contribution in [0.1, 0.15) is 36.7 Å². The molecule has 0 aliphatic heterocycles. The largest absolute Gasteiger partial charge is 0.478 e. The molecule has 0 radical (unpaired) electrons. The number of hydrogen-bond donors (Lipinski definition) is 1. The van der Waals surface area contributed by atoms with Crippen LogP contribution < -0.4 is 4.90 Å². The number of carbonyl (C=O) groups is 2. The molecule has 2 aromatic carbocycles. The van der Waals surface area contributed by atoms with Crippen molar-refractivity contribution in [1.82, 2.24) is 0 Å². The normalized spacial score (nSPS) is 11.0. The van der Waals surface area contributed by atoms with E-state index in [0.717, 1.165) is 5.56 Å². The minimum absolute atomic E-state index is 0.0314. The van der Waals surface area contributed by atoms with E-state index in [-0.39, 0.29) is 11.3 Å². The van der Waals surface area contributed by atoms with Gasteiger partial charge in [0.25, 0.3) is 0 Å². The second-order valence-electron chi connectivity index (χ2n) is 6.47. The fourth-order valence-electron chi connectivity index (χ4n) is 2.19. The third-order valence-electron chi connectivity index (χ3n) is 3.24. The molecule has 0 aliphatic carbocycles. The van der Waals surface area contributed by atoms with Gasteiger partial charge in [0, 0.05) is 0 Å². The fourth-order valence-corrected chi connectivity index (χ4v) is 2.19. The highest BCUT2D eigenvalue weighted by Gasteiger charge is 2.27. The van der Waals surface area contributed by atoms with Crippen LogP contribution in [0, 0.1) is 6.92 Å². The van der Waals surface area contributed by atoms with Crippen molar-refractivity contribution in [3.05, 3.63) is 59.7 Å². The topological polar surface area (TPSA) is 66.8 Å². The first-order chi connectivity index (χ1) is 11.2. The van der Waals surface area contributed by atoms with Crippen molar-refractivity contribution in [1.29, 1.82) is 0 Å². The fraction of sp³-hybridized carbons (Fsp3) is 0.263. The van der Waals surface area contributed by atoms with E-state index in [1.54, 1.807) is 51.1 Å². The Balaban J connectivity index is 2.57. The molecule has 2 aromatic rings. The van der Waals surface area contributed by atoms with Crippen LogP contribution in [-0.4, -0.2) is 22.8 Å². The van der Waals surface area contributed by atoms with Crippen LogP contribution in [0.3, 0.4) is 0 Å². The predicted octanol–water partition coefficient (Wildman–Crippen LogP) is 4.77. The summed E-state index contributed by atoms with van der Waals surface area (Å²) in [7, 11) is 0. The van der Waals surface area contributed by atoms with Crippen LogP contribution in [0.15, 0.2) is 48.5 Å². The molecule has 0 atom stereocenters. The van der Waals surface area contributed by atoms with Gasteiger partial charge in [0.15, 0.2) is 0 Å². The number of aromatic carboxylic acids is 1. The van der Waals surface area contributed by atoms with E-state index in [0.29, 0.717) is 5.69 Å². The quantitative estimate of drug-likeness (QED) is 0.882. The number of carbonyl (C=O) groups excluding carboxylic acids is 1. The molecule has 0 aromatic heterocycles. The predicted molar refractivity (Wildman–Crippen MR) is 93.0 cm³/mol. The monoisotopic (exact) mass is 327 g/mol. The van der Waals surface area contributed by atoms with Gasteiger partial charge in [-0.05, 0) is 52.0 Å². The zero-order valence-corrected chi connectivity index (χ0v) is 14.2. The molecule has 5 nitrogen and oxygen atoms in total. The molecule has 0 heterocycles. The Bertz CT molecular complexity index is 745. The van der Waals surface area contributed by atoms with Gasteiger partial charge in [-0.3, -0.25) is 0 Å². The summed E-state index contributed by atoms with van der Waals surface area (Å²) in [6, 6.07) is 13.6. The molecule has 0 unspecified atom stereocenters. The molecule has 5 heteroatoms. The zero-order chi connectivity index (χ0) is 17.9. The van der Waals surface area contributed by atoms with E-state index in [1.165, 1.54) is 11.0 Å². The van der Waals surface area contributed by atoms with Crippen molar-refractivity contribution < 1.29 is 19.4 Å². The number of anilines is 2. The molecule has 1 N–H and O–H groups in total. The van der Waals surface area contributed by atoms with E-state index >= 15 is 0 Å². The lowest BCUT2D eigenvalue weighted by molar-refractivity contribution is 0.0599. The van der Waals surface area contributed by atoms with Gasteiger partial charge in [0.05, 0.1) is 16.9 Å². The second-order valence-corrected chi connectivity index (χ2v) is 6.47. The van der Waals surface area contributed by atoms with E-state index in [4.69, 9.17) is 4.74 Å². The lowest BCUT2D eigenvalue weighted by Crippen LogP contribution is -2.34. The highest BCUT2D eigenvalue weighted by atomic mass is 16.6. The van der Waals surface area contributed by atoms with Crippen LogP contribution in [0.4, 0.5) is 16.2 Å². The lowest BCUT2D eigenvalue weighted by atomic mass is 10.1. The van der Waals surface area contributed by atoms with Crippen molar-refractivity contribution in [3.63, 3.8) is 0 Å². The average Bonchev–Trinajstić information content (AvgIpc) is 2.48. The minimum atomic E-state index is -1.11. The van der Waals surface area contributed by atoms with E-state index in [2.05, 4.69) is 0 Å². The summed E-state index contributed by atoms with van der Waals surface area (Å²) in [5, 5.41) is 9.44. The molecule has 0 saturated carbocycles. The summed E-state index contributed by atoms with van der Waals surface area (Å²) in [6.45, 7) is 7.23. The third-order valence-corrected chi connectivity index (χ3v) is 3.24. The third kappa shape index (κ3) is 4.13. The summed E-state index contributed by atoms with van der Waals surface area (Å²) in [4.78, 5) is 25.6. The molecular weight excluding hydrogens is 306 g/mol. The Morgan fingerprint density at radius 3 is 2.12 bits per heavy atom. The number of carboxylic acids is 1. The summed E-state index contributed by atoms with van der Waals surface area (Å²) in [5.41, 5.74) is 1.18. The summed E-state index contributed by atoms with van der Waals surface area (Å²) < 4.78 is 5.47. The lowest BCUT2D eigenvalue weighted by Gasteiger charge is -2.28. The van der Waals surface area contributed by atoms with Crippen LogP contribution in [-0.2, 0) is 4.74 Å². The molecule has 0 saturated heterocycles. The van der Waals surface area contributed by atoms with Crippen molar-refractivity contribution in [2.24, 2.45) is 0 Å². The first kappa shape index (κ1) is 17.5. The number of amides is 1. The molecule has 126 valence electrons. The molecule has 24 heavy (non-hydrogen) atoms. The van der Waals surface area contributed by atoms with E-state index < -0.39 is 17.7 Å². The van der Waals surface area contributed by atoms with Gasteiger partial charge in [-0.1, -0.05) is 29.8 Å². The smallest absolute Gasteiger partial charge is 0.419 e. The highest BCUT2D eigenvalue weighted by molar-refractivity contribution is 6.04. The maximum atomic E-state index is 12.7. The Morgan fingerprint density at radius 2 is 1.58 bits per heavy atom. The molecule has 0 bridgehead atoms. The number of nitrogens with zero attached hydrogens (tertiary/aromatic N) is 1. The first-order valence-electron chi connectivity index (χ1n) is 7.61. The highest BCUT2D eigenvalue weighted by Crippen LogP contribution is 2.31.